The number of rotatable bonds is 5. The molecule has 0 aromatic heterocycles. The van der Waals surface area contributed by atoms with Crippen LogP contribution in [0.2, 0.25) is 5.02 Å². The molecule has 0 heterocycles. The Morgan fingerprint density at radius 2 is 2.20 bits per heavy atom. The Kier molecular flexibility index (Phi) is 4.92. The van der Waals surface area contributed by atoms with Crippen LogP contribution in [-0.4, -0.2) is 19.7 Å². The highest BCUT2D eigenvalue weighted by Gasteiger charge is 2.02. The molecule has 1 N–H and O–H groups in total. The van der Waals surface area contributed by atoms with Crippen molar-refractivity contribution in [3.8, 4) is 5.75 Å². The van der Waals surface area contributed by atoms with Crippen LogP contribution in [-0.2, 0) is 0 Å². The summed E-state index contributed by atoms with van der Waals surface area (Å²) in [5.41, 5.74) is 1.12. The zero-order valence-corrected chi connectivity index (χ0v) is 10.3. The zero-order valence-electron chi connectivity index (χ0n) is 9.51. The summed E-state index contributed by atoms with van der Waals surface area (Å²) < 4.78 is 5.67. The van der Waals surface area contributed by atoms with Gasteiger partial charge in [0.2, 0.25) is 0 Å². The zero-order chi connectivity index (χ0) is 11.3. The van der Waals surface area contributed by atoms with Crippen LogP contribution < -0.4 is 10.1 Å². The lowest BCUT2D eigenvalue weighted by Gasteiger charge is -2.12. The van der Waals surface area contributed by atoms with Crippen LogP contribution in [0.5, 0.6) is 5.75 Å². The first-order chi connectivity index (χ1) is 7.13. The normalized spacial score (nSPS) is 12.5. The summed E-state index contributed by atoms with van der Waals surface area (Å²) in [5.74, 6) is 0.880. The average molecular weight is 228 g/mol. The Morgan fingerprint density at radius 1 is 1.47 bits per heavy atom. The summed E-state index contributed by atoms with van der Waals surface area (Å²) in [6, 6.07) is 6.18. The standard InChI is InChI=1S/C12H18ClNO/c1-9-4-5-11(13)8-12(9)15-7-6-10(2)14-3/h4-5,8,10,14H,6-7H2,1-3H3. The fourth-order valence-electron chi connectivity index (χ4n) is 1.22. The number of halogens is 1. The lowest BCUT2D eigenvalue weighted by Crippen LogP contribution is -2.23. The minimum absolute atomic E-state index is 0.476. The van der Waals surface area contributed by atoms with Crippen molar-refractivity contribution in [2.75, 3.05) is 13.7 Å². The maximum absolute atomic E-state index is 5.89. The number of hydrogen-bond donors (Lipinski definition) is 1. The maximum Gasteiger partial charge on any atom is 0.123 e. The van der Waals surface area contributed by atoms with E-state index in [0.717, 1.165) is 22.8 Å². The van der Waals surface area contributed by atoms with Crippen LogP contribution in [0.3, 0.4) is 0 Å². The van der Waals surface area contributed by atoms with Crippen molar-refractivity contribution < 1.29 is 4.74 Å². The molecule has 15 heavy (non-hydrogen) atoms. The van der Waals surface area contributed by atoms with Gasteiger partial charge in [0.15, 0.2) is 0 Å². The van der Waals surface area contributed by atoms with E-state index in [1.54, 1.807) is 0 Å². The van der Waals surface area contributed by atoms with Crippen molar-refractivity contribution in [3.05, 3.63) is 28.8 Å². The molecule has 1 rings (SSSR count). The van der Waals surface area contributed by atoms with Crippen molar-refractivity contribution in [1.29, 1.82) is 0 Å². The minimum atomic E-state index is 0.476. The highest BCUT2D eigenvalue weighted by Crippen LogP contribution is 2.22. The molecule has 0 saturated heterocycles. The van der Waals surface area contributed by atoms with E-state index in [1.165, 1.54) is 0 Å². The fraction of sp³-hybridized carbons (Fsp3) is 0.500. The Balaban J connectivity index is 2.46. The third kappa shape index (κ3) is 4.10. The summed E-state index contributed by atoms with van der Waals surface area (Å²) in [7, 11) is 1.95. The van der Waals surface area contributed by atoms with Gasteiger partial charge in [-0.2, -0.15) is 0 Å². The van der Waals surface area contributed by atoms with E-state index in [2.05, 4.69) is 12.2 Å². The summed E-state index contributed by atoms with van der Waals surface area (Å²) in [6.45, 7) is 4.87. The first kappa shape index (κ1) is 12.3. The molecular formula is C12H18ClNO. The van der Waals surface area contributed by atoms with Gasteiger partial charge in [0.25, 0.3) is 0 Å². The molecule has 0 saturated carbocycles. The summed E-state index contributed by atoms with van der Waals surface area (Å²) in [6.07, 6.45) is 0.989. The number of nitrogens with one attached hydrogen (secondary N) is 1. The van der Waals surface area contributed by atoms with Crippen molar-refractivity contribution >= 4 is 11.6 Å². The van der Waals surface area contributed by atoms with Gasteiger partial charge in [0.05, 0.1) is 6.61 Å². The molecule has 1 unspecified atom stereocenters. The van der Waals surface area contributed by atoms with E-state index in [-0.39, 0.29) is 0 Å². The molecule has 0 aliphatic carbocycles. The SMILES string of the molecule is CNC(C)CCOc1cc(Cl)ccc1C. The van der Waals surface area contributed by atoms with Gasteiger partial charge in [-0.05, 0) is 45.0 Å². The van der Waals surface area contributed by atoms with Gasteiger partial charge in [-0.1, -0.05) is 17.7 Å². The highest BCUT2D eigenvalue weighted by molar-refractivity contribution is 6.30. The van der Waals surface area contributed by atoms with Gasteiger partial charge in [-0.3, -0.25) is 0 Å². The second-order valence-corrected chi connectivity index (χ2v) is 4.17. The van der Waals surface area contributed by atoms with E-state index in [4.69, 9.17) is 16.3 Å². The smallest absolute Gasteiger partial charge is 0.123 e. The Hall–Kier alpha value is -0.730. The first-order valence-electron chi connectivity index (χ1n) is 5.19. The summed E-state index contributed by atoms with van der Waals surface area (Å²) in [5, 5.41) is 3.89. The van der Waals surface area contributed by atoms with Gasteiger partial charge in [-0.25, -0.2) is 0 Å². The molecule has 1 aromatic rings. The van der Waals surface area contributed by atoms with Crippen molar-refractivity contribution in [2.24, 2.45) is 0 Å². The third-order valence-electron chi connectivity index (χ3n) is 2.45. The number of aryl methyl sites for hydroxylation is 1. The predicted octanol–water partition coefficient (Wildman–Crippen LogP) is 3.03. The molecule has 3 heteroatoms. The topological polar surface area (TPSA) is 21.3 Å². The van der Waals surface area contributed by atoms with Crippen LogP contribution in [0.4, 0.5) is 0 Å². The van der Waals surface area contributed by atoms with Gasteiger partial charge < -0.3 is 10.1 Å². The highest BCUT2D eigenvalue weighted by atomic mass is 35.5. The fourth-order valence-corrected chi connectivity index (χ4v) is 1.38. The average Bonchev–Trinajstić information content (AvgIpc) is 2.23. The molecule has 0 aliphatic rings. The quantitative estimate of drug-likeness (QED) is 0.835. The van der Waals surface area contributed by atoms with E-state index in [1.807, 2.05) is 32.2 Å². The van der Waals surface area contributed by atoms with Gasteiger partial charge in [0.1, 0.15) is 5.75 Å². The number of benzene rings is 1. The number of ether oxygens (including phenoxy) is 1. The molecule has 0 fully saturated rings. The van der Waals surface area contributed by atoms with Crippen molar-refractivity contribution in [2.45, 2.75) is 26.3 Å². The summed E-state index contributed by atoms with van der Waals surface area (Å²) in [4.78, 5) is 0. The molecular weight excluding hydrogens is 210 g/mol. The second kappa shape index (κ2) is 5.99. The Bertz CT molecular complexity index is 314. The lowest BCUT2D eigenvalue weighted by atomic mass is 10.2. The van der Waals surface area contributed by atoms with Gasteiger partial charge >= 0.3 is 0 Å². The van der Waals surface area contributed by atoms with E-state index in [9.17, 15) is 0 Å². The predicted molar refractivity (Wildman–Crippen MR) is 64.8 cm³/mol. The molecule has 0 amide bonds. The number of hydrogen-bond acceptors (Lipinski definition) is 2. The molecule has 84 valence electrons. The van der Waals surface area contributed by atoms with Crippen LogP contribution in [0.25, 0.3) is 0 Å². The van der Waals surface area contributed by atoms with Crippen molar-refractivity contribution in [1.82, 2.24) is 5.32 Å². The minimum Gasteiger partial charge on any atom is -0.493 e. The molecule has 1 aromatic carbocycles. The monoisotopic (exact) mass is 227 g/mol. The van der Waals surface area contributed by atoms with Crippen LogP contribution >= 0.6 is 11.6 Å². The summed E-state index contributed by atoms with van der Waals surface area (Å²) >= 11 is 5.89. The molecule has 0 bridgehead atoms. The van der Waals surface area contributed by atoms with E-state index in [0.29, 0.717) is 12.6 Å². The van der Waals surface area contributed by atoms with Crippen LogP contribution in [0.1, 0.15) is 18.9 Å². The van der Waals surface area contributed by atoms with E-state index < -0.39 is 0 Å². The molecule has 0 spiro atoms. The van der Waals surface area contributed by atoms with Crippen molar-refractivity contribution in [3.63, 3.8) is 0 Å². The van der Waals surface area contributed by atoms with Gasteiger partial charge in [0, 0.05) is 11.1 Å². The first-order valence-corrected chi connectivity index (χ1v) is 5.57. The van der Waals surface area contributed by atoms with E-state index >= 15 is 0 Å². The Labute approximate surface area is 96.6 Å². The van der Waals surface area contributed by atoms with Crippen LogP contribution in [0.15, 0.2) is 18.2 Å². The Morgan fingerprint density at radius 3 is 2.87 bits per heavy atom. The largest absolute Gasteiger partial charge is 0.493 e. The van der Waals surface area contributed by atoms with Gasteiger partial charge in [-0.15, -0.1) is 0 Å². The van der Waals surface area contributed by atoms with Crippen LogP contribution in [0, 0.1) is 6.92 Å². The third-order valence-corrected chi connectivity index (χ3v) is 2.69. The molecule has 0 radical (unpaired) electrons. The molecule has 0 aliphatic heterocycles. The molecule has 2 nitrogen and oxygen atoms in total. The molecule has 1 atom stereocenters. The lowest BCUT2D eigenvalue weighted by molar-refractivity contribution is 0.292. The second-order valence-electron chi connectivity index (χ2n) is 3.74. The maximum atomic E-state index is 5.89.